The van der Waals surface area contributed by atoms with Crippen molar-refractivity contribution in [2.75, 3.05) is 13.1 Å². The van der Waals surface area contributed by atoms with Gasteiger partial charge in [0.05, 0.1) is 10.0 Å². The molecule has 2 aliphatic heterocycles. The number of hydrogen-bond acceptors (Lipinski definition) is 5. The number of sulfonamides is 1. The summed E-state index contributed by atoms with van der Waals surface area (Å²) in [6.45, 7) is 4.55. The molecule has 4 rings (SSSR count). The molecule has 27 heavy (non-hydrogen) atoms. The molecule has 1 aromatic carbocycles. The number of aryl methyl sites for hydroxylation is 1. The first-order chi connectivity index (χ1) is 12.8. The molecule has 10 heteroatoms. The highest BCUT2D eigenvalue weighted by atomic mass is 35.5. The maximum atomic E-state index is 13.5. The van der Waals surface area contributed by atoms with Crippen molar-refractivity contribution < 1.29 is 8.42 Å². The number of rotatable bonds is 3. The van der Waals surface area contributed by atoms with Crippen molar-refractivity contribution in [3.63, 3.8) is 0 Å². The van der Waals surface area contributed by atoms with E-state index in [0.717, 1.165) is 12.8 Å². The van der Waals surface area contributed by atoms with Crippen LogP contribution in [0.2, 0.25) is 10.0 Å². The van der Waals surface area contributed by atoms with Crippen molar-refractivity contribution in [1.82, 2.24) is 19.1 Å². The standard InChI is InChI=1S/C17H19Cl2N5O2S/c1-10-16(27(25,26)23-7-3-4-8-23)15(12-5-6-13(18)14(19)9-12)24-17(20-10)21-11(2)22-24/h5-6,9,15-16H,3-4,7-8H2,1-2H3. The first-order valence-electron chi connectivity index (χ1n) is 8.71. The largest absolute Gasteiger partial charge is 0.248 e. The van der Waals surface area contributed by atoms with Gasteiger partial charge in [-0.15, -0.1) is 0 Å². The molecule has 1 saturated heterocycles. The first kappa shape index (κ1) is 18.9. The molecule has 2 aliphatic rings. The van der Waals surface area contributed by atoms with Gasteiger partial charge in [-0.05, 0) is 44.4 Å². The summed E-state index contributed by atoms with van der Waals surface area (Å²) in [7, 11) is -3.63. The maximum absolute atomic E-state index is 13.5. The Labute approximate surface area is 168 Å². The predicted octanol–water partition coefficient (Wildman–Crippen LogP) is 3.38. The Morgan fingerprint density at radius 1 is 1.11 bits per heavy atom. The highest BCUT2D eigenvalue weighted by Crippen LogP contribution is 2.38. The SMILES string of the molecule is CC1=Nc2nc(C)nn2C(c2ccc(Cl)c(Cl)c2)C1S(=O)(=O)N1CCCC1. The van der Waals surface area contributed by atoms with Crippen LogP contribution in [-0.2, 0) is 10.0 Å². The van der Waals surface area contributed by atoms with Gasteiger partial charge in [0.2, 0.25) is 16.0 Å². The van der Waals surface area contributed by atoms with Crippen LogP contribution in [0, 0.1) is 6.92 Å². The summed E-state index contributed by atoms with van der Waals surface area (Å²) in [5, 5.41) is 4.33. The summed E-state index contributed by atoms with van der Waals surface area (Å²) in [4.78, 5) is 8.77. The molecule has 0 spiro atoms. The van der Waals surface area contributed by atoms with Gasteiger partial charge in [0.1, 0.15) is 17.1 Å². The molecule has 0 aliphatic carbocycles. The van der Waals surface area contributed by atoms with Crippen molar-refractivity contribution in [3.8, 4) is 0 Å². The second-order valence-electron chi connectivity index (χ2n) is 6.85. The number of fused-ring (bicyclic) bond motifs is 1. The van der Waals surface area contributed by atoms with Gasteiger partial charge in [-0.25, -0.2) is 22.4 Å². The van der Waals surface area contributed by atoms with Crippen molar-refractivity contribution in [2.24, 2.45) is 4.99 Å². The van der Waals surface area contributed by atoms with Crippen molar-refractivity contribution in [3.05, 3.63) is 39.6 Å². The molecule has 0 N–H and O–H groups in total. The number of hydrogen-bond donors (Lipinski definition) is 0. The third kappa shape index (κ3) is 3.18. The minimum absolute atomic E-state index is 0.366. The lowest BCUT2D eigenvalue weighted by atomic mass is 10.00. The summed E-state index contributed by atoms with van der Waals surface area (Å²) in [6.07, 6.45) is 1.74. The van der Waals surface area contributed by atoms with Gasteiger partial charge < -0.3 is 0 Å². The molecule has 2 atom stereocenters. The topological polar surface area (TPSA) is 80.5 Å². The molecule has 0 bridgehead atoms. The van der Waals surface area contributed by atoms with E-state index in [0.29, 0.717) is 46.2 Å². The van der Waals surface area contributed by atoms with Gasteiger partial charge in [-0.3, -0.25) is 0 Å². The fraction of sp³-hybridized carbons (Fsp3) is 0.471. The van der Waals surface area contributed by atoms with Gasteiger partial charge in [-0.2, -0.15) is 10.1 Å². The number of nitrogens with zero attached hydrogens (tertiary/aromatic N) is 5. The van der Waals surface area contributed by atoms with E-state index in [1.54, 1.807) is 41.0 Å². The van der Waals surface area contributed by atoms with Crippen LogP contribution >= 0.6 is 23.2 Å². The molecule has 2 unspecified atom stereocenters. The Morgan fingerprint density at radius 3 is 2.48 bits per heavy atom. The van der Waals surface area contributed by atoms with Crippen LogP contribution in [0.5, 0.6) is 0 Å². The molecule has 3 heterocycles. The average molecular weight is 428 g/mol. The number of benzene rings is 1. The zero-order valence-electron chi connectivity index (χ0n) is 14.9. The summed E-state index contributed by atoms with van der Waals surface area (Å²) in [6, 6.07) is 4.54. The van der Waals surface area contributed by atoms with Crippen LogP contribution in [0.1, 0.15) is 37.2 Å². The van der Waals surface area contributed by atoms with E-state index in [-0.39, 0.29) is 0 Å². The fourth-order valence-corrected chi connectivity index (χ4v) is 6.23. The molecule has 0 saturated carbocycles. The third-order valence-electron chi connectivity index (χ3n) is 4.99. The second-order valence-corrected chi connectivity index (χ2v) is 9.72. The first-order valence-corrected chi connectivity index (χ1v) is 11.0. The van der Waals surface area contributed by atoms with Crippen LogP contribution in [-0.4, -0.2) is 51.5 Å². The lowest BCUT2D eigenvalue weighted by Crippen LogP contribution is -2.47. The van der Waals surface area contributed by atoms with Crippen molar-refractivity contribution in [2.45, 2.75) is 38.0 Å². The highest BCUT2D eigenvalue weighted by Gasteiger charge is 2.46. The van der Waals surface area contributed by atoms with E-state index in [2.05, 4.69) is 15.1 Å². The van der Waals surface area contributed by atoms with Crippen LogP contribution in [0.15, 0.2) is 23.2 Å². The zero-order valence-corrected chi connectivity index (χ0v) is 17.3. The van der Waals surface area contributed by atoms with Gasteiger partial charge in [0, 0.05) is 18.8 Å². The Balaban J connectivity index is 1.91. The van der Waals surface area contributed by atoms with E-state index in [4.69, 9.17) is 23.2 Å². The Morgan fingerprint density at radius 2 is 1.81 bits per heavy atom. The molecule has 0 amide bonds. The van der Waals surface area contributed by atoms with Crippen LogP contribution < -0.4 is 0 Å². The Kier molecular flexibility index (Phi) is 4.78. The van der Waals surface area contributed by atoms with E-state index < -0.39 is 21.3 Å². The average Bonchev–Trinajstić information content (AvgIpc) is 3.25. The van der Waals surface area contributed by atoms with Crippen LogP contribution in [0.3, 0.4) is 0 Å². The Hall–Kier alpha value is -1.48. The molecule has 2 aromatic rings. The lowest BCUT2D eigenvalue weighted by molar-refractivity contribution is 0.446. The van der Waals surface area contributed by atoms with Gasteiger partial charge >= 0.3 is 0 Å². The van der Waals surface area contributed by atoms with E-state index >= 15 is 0 Å². The normalized spacial score (nSPS) is 23.3. The van der Waals surface area contributed by atoms with Crippen LogP contribution in [0.25, 0.3) is 0 Å². The van der Waals surface area contributed by atoms with Crippen molar-refractivity contribution >= 4 is 44.9 Å². The van der Waals surface area contributed by atoms with Gasteiger partial charge in [-0.1, -0.05) is 29.3 Å². The van der Waals surface area contributed by atoms with Gasteiger partial charge in [0.25, 0.3) is 0 Å². The fourth-order valence-electron chi connectivity index (χ4n) is 3.75. The van der Waals surface area contributed by atoms with Crippen LogP contribution in [0.4, 0.5) is 5.95 Å². The molecule has 0 radical (unpaired) electrons. The quantitative estimate of drug-likeness (QED) is 0.751. The summed E-state index contributed by atoms with van der Waals surface area (Å²) in [5.74, 6) is 0.930. The zero-order chi connectivity index (χ0) is 19.3. The molecule has 144 valence electrons. The summed E-state index contributed by atoms with van der Waals surface area (Å²) < 4.78 is 30.1. The second kappa shape index (κ2) is 6.84. The molecular formula is C17H19Cl2N5O2S. The summed E-state index contributed by atoms with van der Waals surface area (Å²) in [5.41, 5.74) is 1.20. The Bertz CT molecular complexity index is 1030. The maximum Gasteiger partial charge on any atom is 0.248 e. The number of aromatic nitrogens is 3. The highest BCUT2D eigenvalue weighted by molar-refractivity contribution is 7.90. The minimum Gasteiger partial charge on any atom is -0.220 e. The lowest BCUT2D eigenvalue weighted by Gasteiger charge is -2.33. The van der Waals surface area contributed by atoms with E-state index in [1.165, 1.54) is 0 Å². The predicted molar refractivity (Wildman–Crippen MR) is 106 cm³/mol. The van der Waals surface area contributed by atoms with E-state index in [1.807, 2.05) is 0 Å². The minimum atomic E-state index is -3.63. The molecule has 1 fully saturated rings. The monoisotopic (exact) mass is 427 g/mol. The summed E-state index contributed by atoms with van der Waals surface area (Å²) >= 11 is 12.3. The molecule has 1 aromatic heterocycles. The molecular weight excluding hydrogens is 409 g/mol. The molecule has 7 nitrogen and oxygen atoms in total. The smallest absolute Gasteiger partial charge is 0.220 e. The third-order valence-corrected chi connectivity index (χ3v) is 8.05. The van der Waals surface area contributed by atoms with Crippen molar-refractivity contribution in [1.29, 1.82) is 0 Å². The number of halogens is 2. The van der Waals surface area contributed by atoms with Gasteiger partial charge in [0.15, 0.2) is 0 Å². The number of aliphatic imine (C=N–C) groups is 1. The van der Waals surface area contributed by atoms with E-state index in [9.17, 15) is 8.42 Å².